The van der Waals surface area contributed by atoms with E-state index in [0.717, 1.165) is 6.54 Å². The third kappa shape index (κ3) is 2.49. The maximum absolute atomic E-state index is 3.65. The Hall–Kier alpha value is 1.46. The molecule has 2 nitrogen and oxygen atoms in total. The molecule has 3 aliphatic rings. The molecule has 0 amide bonds. The van der Waals surface area contributed by atoms with Gasteiger partial charge < -0.3 is 0 Å². The second kappa shape index (κ2) is 4.80. The van der Waals surface area contributed by atoms with Gasteiger partial charge in [-0.3, -0.25) is 9.80 Å². The van der Waals surface area contributed by atoms with E-state index >= 15 is 0 Å². The molecule has 3 aliphatic heterocycles. The average Bonchev–Trinajstić information content (AvgIpc) is 1.87. The molecule has 0 radical (unpaired) electrons. The Morgan fingerprint density at radius 1 is 0.917 bits per heavy atom. The van der Waals surface area contributed by atoms with Gasteiger partial charge >= 0.3 is 0 Å². The molecule has 0 aromatic heterocycles. The lowest BCUT2D eigenvalue weighted by atomic mass is 10.2. The first-order valence-corrected chi connectivity index (χ1v) is 5.12. The van der Waals surface area contributed by atoms with Crippen molar-refractivity contribution < 1.29 is 0 Å². The highest BCUT2D eigenvalue weighted by Gasteiger charge is 2.40. The summed E-state index contributed by atoms with van der Waals surface area (Å²) in [5.74, 6) is 0. The zero-order valence-electron chi connectivity index (χ0n) is 6.50. The minimum absolute atomic E-state index is 0. The van der Waals surface area contributed by atoms with E-state index in [1.165, 1.54) is 26.2 Å². The SMILES string of the molecule is BrC1(Br)CN2CCN1CC2.Cl.Cl. The van der Waals surface area contributed by atoms with Crippen molar-refractivity contribution in [3.63, 3.8) is 0 Å². The Labute approximate surface area is 102 Å². The van der Waals surface area contributed by atoms with Crippen LogP contribution in [0.5, 0.6) is 0 Å². The highest BCUT2D eigenvalue weighted by atomic mass is 79.9. The molecule has 0 atom stereocenters. The van der Waals surface area contributed by atoms with Gasteiger partial charge in [0.05, 0.1) is 0 Å². The molecular weight excluding hydrogens is 331 g/mol. The smallest absolute Gasteiger partial charge is 0.145 e. The fourth-order valence-electron chi connectivity index (χ4n) is 1.60. The fraction of sp³-hybridized carbons (Fsp3) is 1.00. The van der Waals surface area contributed by atoms with Crippen LogP contribution in [-0.4, -0.2) is 45.9 Å². The molecule has 0 saturated carbocycles. The van der Waals surface area contributed by atoms with Crippen molar-refractivity contribution in [1.82, 2.24) is 9.80 Å². The van der Waals surface area contributed by atoms with Crippen LogP contribution in [0.2, 0.25) is 0 Å². The Morgan fingerprint density at radius 2 is 1.42 bits per heavy atom. The molecule has 0 unspecified atom stereocenters. The summed E-state index contributed by atoms with van der Waals surface area (Å²) in [5, 5.41) is 0. The van der Waals surface area contributed by atoms with Crippen molar-refractivity contribution in [3.05, 3.63) is 0 Å². The lowest BCUT2D eigenvalue weighted by Gasteiger charge is -2.49. The molecule has 3 fully saturated rings. The number of hydrogen-bond acceptors (Lipinski definition) is 2. The maximum Gasteiger partial charge on any atom is 0.145 e. The Bertz CT molecular complexity index is 148. The second-order valence-corrected chi connectivity index (χ2v) is 6.62. The molecule has 0 aromatic carbocycles. The van der Waals surface area contributed by atoms with Gasteiger partial charge in [-0.25, -0.2) is 0 Å². The van der Waals surface area contributed by atoms with E-state index in [1.54, 1.807) is 0 Å². The van der Waals surface area contributed by atoms with Gasteiger partial charge in [-0.15, -0.1) is 24.8 Å². The predicted octanol–water partition coefficient (Wildman–Crippen LogP) is 1.90. The maximum atomic E-state index is 3.65. The number of halogens is 4. The number of hydrogen-bond donors (Lipinski definition) is 0. The van der Waals surface area contributed by atoms with E-state index in [4.69, 9.17) is 0 Å². The van der Waals surface area contributed by atoms with E-state index in [2.05, 4.69) is 41.7 Å². The first-order valence-electron chi connectivity index (χ1n) is 3.54. The number of piperazine rings is 3. The summed E-state index contributed by atoms with van der Waals surface area (Å²) in [6.07, 6.45) is 0. The topological polar surface area (TPSA) is 6.48 Å². The Balaban J connectivity index is 0.000000605. The van der Waals surface area contributed by atoms with Crippen LogP contribution in [0.3, 0.4) is 0 Å². The first-order chi connectivity index (χ1) is 4.68. The molecule has 0 aromatic rings. The summed E-state index contributed by atoms with van der Waals surface area (Å²) in [5.41, 5.74) is 0. The third-order valence-electron chi connectivity index (χ3n) is 2.25. The van der Waals surface area contributed by atoms with Gasteiger partial charge in [0, 0.05) is 32.7 Å². The largest absolute Gasteiger partial charge is 0.297 e. The van der Waals surface area contributed by atoms with E-state index in [-0.39, 0.29) is 28.2 Å². The van der Waals surface area contributed by atoms with Gasteiger partial charge in [-0.1, -0.05) is 31.9 Å². The molecule has 12 heavy (non-hydrogen) atoms. The molecule has 74 valence electrons. The van der Waals surface area contributed by atoms with Gasteiger partial charge in [0.2, 0.25) is 0 Å². The van der Waals surface area contributed by atoms with Crippen LogP contribution < -0.4 is 0 Å². The second-order valence-electron chi connectivity index (χ2n) is 2.93. The van der Waals surface area contributed by atoms with Gasteiger partial charge in [-0.05, 0) is 0 Å². The lowest BCUT2D eigenvalue weighted by Crippen LogP contribution is -2.63. The summed E-state index contributed by atoms with van der Waals surface area (Å²) in [6.45, 7) is 5.96. The average molecular weight is 343 g/mol. The van der Waals surface area contributed by atoms with E-state index < -0.39 is 0 Å². The lowest BCUT2D eigenvalue weighted by molar-refractivity contribution is 0.0414. The Kier molecular flexibility index (Phi) is 5.39. The molecular formula is C6H12Br2Cl2N2. The van der Waals surface area contributed by atoms with Crippen molar-refractivity contribution in [2.45, 2.75) is 3.36 Å². The summed E-state index contributed by atoms with van der Waals surface area (Å²) >= 11 is 7.30. The molecule has 3 heterocycles. The van der Waals surface area contributed by atoms with Crippen LogP contribution in [0.25, 0.3) is 0 Å². The van der Waals surface area contributed by atoms with E-state index in [1.807, 2.05) is 0 Å². The van der Waals surface area contributed by atoms with Crippen LogP contribution in [-0.2, 0) is 0 Å². The zero-order chi connectivity index (χ0) is 7.19. The van der Waals surface area contributed by atoms with Crippen LogP contribution >= 0.6 is 56.7 Å². The number of fused-ring (bicyclic) bond motifs is 3. The molecule has 0 aliphatic carbocycles. The van der Waals surface area contributed by atoms with Gasteiger partial charge in [0.25, 0.3) is 0 Å². The fourth-order valence-corrected chi connectivity index (χ4v) is 3.02. The molecule has 2 bridgehead atoms. The standard InChI is InChI=1S/C6H10Br2N2.2ClH/c7-6(8)5-9-1-3-10(6)4-2-9;;/h1-5H2;2*1H. The van der Waals surface area contributed by atoms with Crippen molar-refractivity contribution in [3.8, 4) is 0 Å². The van der Waals surface area contributed by atoms with E-state index in [0.29, 0.717) is 0 Å². The molecule has 0 N–H and O–H groups in total. The first kappa shape index (κ1) is 13.5. The van der Waals surface area contributed by atoms with Crippen molar-refractivity contribution in [2.75, 3.05) is 32.7 Å². The third-order valence-corrected chi connectivity index (χ3v) is 3.75. The molecule has 6 heteroatoms. The number of alkyl halides is 2. The van der Waals surface area contributed by atoms with E-state index in [9.17, 15) is 0 Å². The minimum atomic E-state index is 0. The van der Waals surface area contributed by atoms with Crippen LogP contribution in [0.1, 0.15) is 0 Å². The zero-order valence-corrected chi connectivity index (χ0v) is 11.3. The normalized spacial score (nSPS) is 36.5. The quantitative estimate of drug-likeness (QED) is 0.490. The molecule has 0 spiro atoms. The molecule has 3 saturated heterocycles. The van der Waals surface area contributed by atoms with Crippen molar-refractivity contribution >= 4 is 56.7 Å². The van der Waals surface area contributed by atoms with Gasteiger partial charge in [-0.2, -0.15) is 0 Å². The van der Waals surface area contributed by atoms with Crippen LogP contribution in [0, 0.1) is 0 Å². The van der Waals surface area contributed by atoms with Crippen molar-refractivity contribution in [2.24, 2.45) is 0 Å². The number of rotatable bonds is 0. The van der Waals surface area contributed by atoms with Crippen molar-refractivity contribution in [1.29, 1.82) is 0 Å². The van der Waals surface area contributed by atoms with Crippen LogP contribution in [0.15, 0.2) is 0 Å². The van der Waals surface area contributed by atoms with Gasteiger partial charge in [0.1, 0.15) is 3.36 Å². The summed E-state index contributed by atoms with van der Waals surface area (Å²) in [6, 6.07) is 0. The monoisotopic (exact) mass is 340 g/mol. The summed E-state index contributed by atoms with van der Waals surface area (Å²) < 4.78 is 0.0799. The van der Waals surface area contributed by atoms with Crippen LogP contribution in [0.4, 0.5) is 0 Å². The Morgan fingerprint density at radius 3 is 1.58 bits per heavy atom. The predicted molar refractivity (Wildman–Crippen MR) is 63.1 cm³/mol. The highest BCUT2D eigenvalue weighted by Crippen LogP contribution is 2.36. The number of nitrogens with zero attached hydrogens (tertiary/aromatic N) is 2. The summed E-state index contributed by atoms with van der Waals surface area (Å²) in [7, 11) is 0. The molecule has 3 rings (SSSR count). The highest BCUT2D eigenvalue weighted by molar-refractivity contribution is 9.25. The summed E-state index contributed by atoms with van der Waals surface area (Å²) in [4.78, 5) is 4.91. The minimum Gasteiger partial charge on any atom is -0.297 e. The van der Waals surface area contributed by atoms with Gasteiger partial charge in [0.15, 0.2) is 0 Å².